The highest BCUT2D eigenvalue weighted by atomic mass is 35.5. The van der Waals surface area contributed by atoms with Crippen LogP contribution in [-0.2, 0) is 13.0 Å². The molecule has 1 heterocycles. The van der Waals surface area contributed by atoms with E-state index in [9.17, 15) is 0 Å². The van der Waals surface area contributed by atoms with Crippen LogP contribution in [0.2, 0.25) is 0 Å². The Bertz CT molecular complexity index is 426. The fraction of sp³-hybridized carbons (Fsp3) is 0.286. The van der Waals surface area contributed by atoms with Crippen LogP contribution in [0, 0.1) is 6.92 Å². The summed E-state index contributed by atoms with van der Waals surface area (Å²) < 4.78 is 0. The zero-order valence-electron chi connectivity index (χ0n) is 9.98. The molecule has 2 aromatic rings. The van der Waals surface area contributed by atoms with Gasteiger partial charge in [0.1, 0.15) is 0 Å². The first-order valence-electron chi connectivity index (χ1n) is 5.64. The van der Waals surface area contributed by atoms with Crippen LogP contribution in [0.25, 0.3) is 0 Å². The van der Waals surface area contributed by atoms with Gasteiger partial charge < -0.3 is 5.32 Å². The van der Waals surface area contributed by atoms with Crippen molar-refractivity contribution in [2.75, 3.05) is 6.54 Å². The normalized spacial score (nSPS) is 9.94. The molecule has 1 N–H and O–H groups in total. The van der Waals surface area contributed by atoms with Gasteiger partial charge in [-0.15, -0.1) is 23.7 Å². The SMILES string of the molecule is Cc1ccccc1CNCCc1cccs1.Cl. The summed E-state index contributed by atoms with van der Waals surface area (Å²) in [4.78, 5) is 1.46. The number of hydrogen-bond acceptors (Lipinski definition) is 2. The minimum atomic E-state index is 0. The molecule has 1 nitrogen and oxygen atoms in total. The molecule has 0 aliphatic heterocycles. The summed E-state index contributed by atoms with van der Waals surface area (Å²) in [5.74, 6) is 0. The highest BCUT2D eigenvalue weighted by Gasteiger charge is 1.97. The van der Waals surface area contributed by atoms with Gasteiger partial charge in [0.25, 0.3) is 0 Å². The topological polar surface area (TPSA) is 12.0 Å². The molecule has 0 saturated heterocycles. The largest absolute Gasteiger partial charge is 0.312 e. The Balaban J connectivity index is 0.00000144. The first-order valence-corrected chi connectivity index (χ1v) is 6.52. The standard InChI is InChI=1S/C14H17NS.ClH/c1-12-5-2-3-6-13(12)11-15-9-8-14-7-4-10-16-14;/h2-7,10,15H,8-9,11H2,1H3;1H. The molecule has 17 heavy (non-hydrogen) atoms. The molecule has 0 saturated carbocycles. The van der Waals surface area contributed by atoms with Gasteiger partial charge in [-0.25, -0.2) is 0 Å². The van der Waals surface area contributed by atoms with Gasteiger partial charge in [-0.3, -0.25) is 0 Å². The molecular formula is C14H18ClNS. The second-order valence-corrected chi connectivity index (χ2v) is 4.96. The summed E-state index contributed by atoms with van der Waals surface area (Å²) in [5.41, 5.74) is 2.76. The van der Waals surface area contributed by atoms with Crippen LogP contribution >= 0.6 is 23.7 Å². The molecule has 0 aliphatic rings. The van der Waals surface area contributed by atoms with Crippen LogP contribution in [0.1, 0.15) is 16.0 Å². The van der Waals surface area contributed by atoms with E-state index < -0.39 is 0 Å². The Morgan fingerprint density at radius 2 is 1.94 bits per heavy atom. The van der Waals surface area contributed by atoms with Crippen molar-refractivity contribution in [3.8, 4) is 0 Å². The number of halogens is 1. The quantitative estimate of drug-likeness (QED) is 0.813. The monoisotopic (exact) mass is 267 g/mol. The van der Waals surface area contributed by atoms with Gasteiger partial charge in [0.05, 0.1) is 0 Å². The van der Waals surface area contributed by atoms with Crippen molar-refractivity contribution in [2.24, 2.45) is 0 Å². The number of benzene rings is 1. The van der Waals surface area contributed by atoms with E-state index in [4.69, 9.17) is 0 Å². The van der Waals surface area contributed by atoms with Gasteiger partial charge in [-0.2, -0.15) is 0 Å². The molecule has 0 atom stereocenters. The highest BCUT2D eigenvalue weighted by molar-refractivity contribution is 7.09. The molecule has 92 valence electrons. The Morgan fingerprint density at radius 3 is 2.65 bits per heavy atom. The molecule has 0 fully saturated rings. The number of hydrogen-bond donors (Lipinski definition) is 1. The lowest BCUT2D eigenvalue weighted by molar-refractivity contribution is 0.688. The smallest absolute Gasteiger partial charge is 0.0208 e. The molecule has 0 radical (unpaired) electrons. The lowest BCUT2D eigenvalue weighted by Crippen LogP contribution is -2.16. The van der Waals surface area contributed by atoms with E-state index in [2.05, 4.69) is 54.0 Å². The average Bonchev–Trinajstić information content (AvgIpc) is 2.79. The molecule has 0 spiro atoms. The fourth-order valence-corrected chi connectivity index (χ4v) is 2.41. The number of thiophene rings is 1. The molecule has 0 aliphatic carbocycles. The third-order valence-corrected chi connectivity index (χ3v) is 3.64. The third kappa shape index (κ3) is 4.50. The van der Waals surface area contributed by atoms with Crippen molar-refractivity contribution in [2.45, 2.75) is 19.9 Å². The molecule has 3 heteroatoms. The molecule has 2 rings (SSSR count). The number of rotatable bonds is 5. The third-order valence-electron chi connectivity index (χ3n) is 2.70. The van der Waals surface area contributed by atoms with Gasteiger partial charge in [0.2, 0.25) is 0 Å². The summed E-state index contributed by atoms with van der Waals surface area (Å²) in [6.07, 6.45) is 1.13. The zero-order chi connectivity index (χ0) is 11.2. The Hall–Kier alpha value is -0.830. The Morgan fingerprint density at radius 1 is 1.12 bits per heavy atom. The number of nitrogens with one attached hydrogen (secondary N) is 1. The van der Waals surface area contributed by atoms with Crippen molar-refractivity contribution in [1.29, 1.82) is 0 Å². The second-order valence-electron chi connectivity index (χ2n) is 3.93. The van der Waals surface area contributed by atoms with E-state index in [0.29, 0.717) is 0 Å². The van der Waals surface area contributed by atoms with Crippen molar-refractivity contribution in [3.05, 3.63) is 57.8 Å². The van der Waals surface area contributed by atoms with Crippen LogP contribution < -0.4 is 5.32 Å². The average molecular weight is 268 g/mol. The lowest BCUT2D eigenvalue weighted by atomic mass is 10.1. The van der Waals surface area contributed by atoms with Crippen LogP contribution in [0.5, 0.6) is 0 Å². The predicted molar refractivity (Wildman–Crippen MR) is 78.2 cm³/mol. The van der Waals surface area contributed by atoms with E-state index >= 15 is 0 Å². The number of aryl methyl sites for hydroxylation is 1. The molecule has 1 aromatic heterocycles. The van der Waals surface area contributed by atoms with Crippen LogP contribution in [-0.4, -0.2) is 6.54 Å². The highest BCUT2D eigenvalue weighted by Crippen LogP contribution is 2.09. The Labute approximate surface area is 113 Å². The van der Waals surface area contributed by atoms with Gasteiger partial charge >= 0.3 is 0 Å². The molecule has 0 amide bonds. The van der Waals surface area contributed by atoms with Crippen molar-refractivity contribution >= 4 is 23.7 Å². The predicted octanol–water partition coefficient (Wildman–Crippen LogP) is 3.81. The molecule has 0 bridgehead atoms. The summed E-state index contributed by atoms with van der Waals surface area (Å²) >= 11 is 1.83. The Kier molecular flexibility index (Phi) is 6.27. The summed E-state index contributed by atoms with van der Waals surface area (Å²) in [6.45, 7) is 4.18. The van der Waals surface area contributed by atoms with Crippen LogP contribution in [0.4, 0.5) is 0 Å². The minimum absolute atomic E-state index is 0. The summed E-state index contributed by atoms with van der Waals surface area (Å²) in [7, 11) is 0. The van der Waals surface area contributed by atoms with E-state index in [1.807, 2.05) is 11.3 Å². The van der Waals surface area contributed by atoms with Gasteiger partial charge in [0.15, 0.2) is 0 Å². The first-order chi connectivity index (χ1) is 7.86. The maximum Gasteiger partial charge on any atom is 0.0208 e. The van der Waals surface area contributed by atoms with E-state index in [1.54, 1.807) is 0 Å². The van der Waals surface area contributed by atoms with Gasteiger partial charge in [-0.1, -0.05) is 30.3 Å². The van der Waals surface area contributed by atoms with Crippen LogP contribution in [0.3, 0.4) is 0 Å². The zero-order valence-corrected chi connectivity index (χ0v) is 11.6. The summed E-state index contributed by atoms with van der Waals surface area (Å²) in [5, 5.41) is 5.62. The molecule has 1 aromatic carbocycles. The minimum Gasteiger partial charge on any atom is -0.312 e. The van der Waals surface area contributed by atoms with E-state index in [1.165, 1.54) is 16.0 Å². The second kappa shape index (κ2) is 7.49. The van der Waals surface area contributed by atoms with Gasteiger partial charge in [-0.05, 0) is 35.9 Å². The fourth-order valence-electron chi connectivity index (χ4n) is 1.70. The first kappa shape index (κ1) is 14.2. The molecule has 0 unspecified atom stereocenters. The summed E-state index contributed by atoms with van der Waals surface area (Å²) in [6, 6.07) is 12.8. The van der Waals surface area contributed by atoms with Crippen molar-refractivity contribution < 1.29 is 0 Å². The maximum absolute atomic E-state index is 3.49. The lowest BCUT2D eigenvalue weighted by Gasteiger charge is -2.06. The van der Waals surface area contributed by atoms with Crippen molar-refractivity contribution in [3.63, 3.8) is 0 Å². The van der Waals surface area contributed by atoms with E-state index in [0.717, 1.165) is 19.5 Å². The molecular weight excluding hydrogens is 250 g/mol. The van der Waals surface area contributed by atoms with Crippen LogP contribution in [0.15, 0.2) is 41.8 Å². The van der Waals surface area contributed by atoms with E-state index in [-0.39, 0.29) is 12.4 Å². The van der Waals surface area contributed by atoms with Gasteiger partial charge in [0, 0.05) is 18.0 Å². The maximum atomic E-state index is 3.49. The van der Waals surface area contributed by atoms with Crippen molar-refractivity contribution in [1.82, 2.24) is 5.32 Å².